The molecule has 0 spiro atoms. The molecule has 5 rings (SSSR count). The van der Waals surface area contributed by atoms with Crippen LogP contribution in [0.4, 0.5) is 22.9 Å². The molecule has 0 bridgehead atoms. The van der Waals surface area contributed by atoms with Gasteiger partial charge in [-0.15, -0.1) is 5.10 Å². The summed E-state index contributed by atoms with van der Waals surface area (Å²) in [5, 5.41) is 16.5. The molecule has 0 saturated carbocycles. The lowest BCUT2D eigenvalue weighted by Gasteiger charge is -2.28. The van der Waals surface area contributed by atoms with Crippen molar-refractivity contribution in [2.24, 2.45) is 0 Å². The first kappa shape index (κ1) is 20.0. The van der Waals surface area contributed by atoms with Crippen LogP contribution < -0.4 is 15.5 Å². The number of carbonyl (C=O) groups is 1. The fraction of sp³-hybridized carbons (Fsp3) is 0.160. The Balaban J connectivity index is 1.27. The van der Waals surface area contributed by atoms with Crippen LogP contribution in [0.5, 0.6) is 0 Å². The Labute approximate surface area is 186 Å². The fourth-order valence-corrected chi connectivity index (χ4v) is 3.82. The summed E-state index contributed by atoms with van der Waals surface area (Å²) in [4.78, 5) is 15.1. The van der Waals surface area contributed by atoms with Gasteiger partial charge in [0.15, 0.2) is 5.82 Å². The van der Waals surface area contributed by atoms with Crippen LogP contribution in [0.15, 0.2) is 79.0 Å². The van der Waals surface area contributed by atoms with Gasteiger partial charge in [-0.1, -0.05) is 36.4 Å². The van der Waals surface area contributed by atoms with Gasteiger partial charge in [-0.3, -0.25) is 4.79 Å². The number of nitrogens with one attached hydrogen (secondary N) is 2. The Morgan fingerprint density at radius 1 is 0.906 bits per heavy atom. The number of ether oxygens (including phenoxy) is 1. The van der Waals surface area contributed by atoms with E-state index in [-0.39, 0.29) is 5.91 Å². The maximum atomic E-state index is 12.8. The minimum absolute atomic E-state index is 0.133. The van der Waals surface area contributed by atoms with Crippen LogP contribution in [-0.4, -0.2) is 42.4 Å². The Kier molecular flexibility index (Phi) is 5.63. The predicted molar refractivity (Wildman–Crippen MR) is 127 cm³/mol. The van der Waals surface area contributed by atoms with Gasteiger partial charge < -0.3 is 20.3 Å². The average molecular weight is 425 g/mol. The van der Waals surface area contributed by atoms with Crippen LogP contribution in [0.2, 0.25) is 0 Å². The van der Waals surface area contributed by atoms with E-state index in [1.54, 1.807) is 6.20 Å². The standard InChI is InChI=1S/C25H23N5O2/c31-25(23-7-3-5-18-4-1-2-6-22(18)23)28-20-10-8-19(9-11-20)27-24-16-21(17-26-29-24)30-12-14-32-15-13-30/h1-11,16-17H,12-15H2,(H,27,29)(H,28,31). The number of nitrogens with zero attached hydrogens (tertiary/aromatic N) is 3. The summed E-state index contributed by atoms with van der Waals surface area (Å²) in [6.07, 6.45) is 1.77. The summed E-state index contributed by atoms with van der Waals surface area (Å²) in [6.45, 7) is 3.13. The molecule has 4 aromatic rings. The highest BCUT2D eigenvalue weighted by Gasteiger charge is 2.13. The van der Waals surface area contributed by atoms with E-state index >= 15 is 0 Å². The maximum absolute atomic E-state index is 12.8. The van der Waals surface area contributed by atoms with Crippen molar-refractivity contribution in [2.45, 2.75) is 0 Å². The van der Waals surface area contributed by atoms with Crippen LogP contribution in [0.1, 0.15) is 10.4 Å². The zero-order valence-electron chi connectivity index (χ0n) is 17.5. The van der Waals surface area contributed by atoms with Crippen molar-refractivity contribution in [1.82, 2.24) is 10.2 Å². The molecule has 32 heavy (non-hydrogen) atoms. The summed E-state index contributed by atoms with van der Waals surface area (Å²) < 4.78 is 5.41. The summed E-state index contributed by atoms with van der Waals surface area (Å²) in [7, 11) is 0. The normalized spacial score (nSPS) is 13.7. The van der Waals surface area contributed by atoms with Crippen molar-refractivity contribution in [3.8, 4) is 0 Å². The number of rotatable bonds is 5. The maximum Gasteiger partial charge on any atom is 0.256 e. The van der Waals surface area contributed by atoms with E-state index < -0.39 is 0 Å². The van der Waals surface area contributed by atoms with Crippen LogP contribution in [-0.2, 0) is 4.74 Å². The topological polar surface area (TPSA) is 79.4 Å². The summed E-state index contributed by atoms with van der Waals surface area (Å²) >= 11 is 0. The van der Waals surface area contributed by atoms with Gasteiger partial charge in [-0.05, 0) is 41.1 Å². The molecule has 1 fully saturated rings. The number of aromatic nitrogens is 2. The van der Waals surface area contributed by atoms with Gasteiger partial charge in [0.1, 0.15) is 0 Å². The van der Waals surface area contributed by atoms with Crippen molar-refractivity contribution in [1.29, 1.82) is 0 Å². The molecule has 0 radical (unpaired) electrons. The molecule has 1 aliphatic rings. The number of carbonyl (C=O) groups excluding carboxylic acids is 1. The second kappa shape index (κ2) is 9.03. The van der Waals surface area contributed by atoms with Crippen molar-refractivity contribution in [2.75, 3.05) is 41.8 Å². The molecule has 7 heteroatoms. The van der Waals surface area contributed by atoms with Crippen LogP contribution in [0.25, 0.3) is 10.8 Å². The lowest BCUT2D eigenvalue weighted by atomic mass is 10.0. The zero-order chi connectivity index (χ0) is 21.8. The lowest BCUT2D eigenvalue weighted by molar-refractivity contribution is 0.102. The number of anilines is 4. The Hall–Kier alpha value is -3.97. The van der Waals surface area contributed by atoms with Gasteiger partial charge in [0.25, 0.3) is 5.91 Å². The molecule has 2 N–H and O–H groups in total. The van der Waals surface area contributed by atoms with Crippen molar-refractivity contribution in [3.63, 3.8) is 0 Å². The molecule has 0 atom stereocenters. The summed E-state index contributed by atoms with van der Waals surface area (Å²) in [5.41, 5.74) is 3.26. The Morgan fingerprint density at radius 3 is 2.50 bits per heavy atom. The van der Waals surface area contributed by atoms with Crippen molar-refractivity contribution in [3.05, 3.63) is 84.6 Å². The summed E-state index contributed by atoms with van der Waals surface area (Å²) in [5.74, 6) is 0.535. The van der Waals surface area contributed by atoms with E-state index in [9.17, 15) is 4.79 Å². The first-order valence-corrected chi connectivity index (χ1v) is 10.6. The molecule has 7 nitrogen and oxygen atoms in total. The fourth-order valence-electron chi connectivity index (χ4n) is 3.82. The second-order valence-electron chi connectivity index (χ2n) is 7.58. The SMILES string of the molecule is O=C(Nc1ccc(Nc2cc(N3CCOCC3)cnn2)cc1)c1cccc2ccccc12. The highest BCUT2D eigenvalue weighted by molar-refractivity contribution is 6.12. The minimum atomic E-state index is -0.133. The first-order valence-electron chi connectivity index (χ1n) is 10.6. The van der Waals surface area contributed by atoms with Crippen molar-refractivity contribution >= 4 is 39.6 Å². The molecule has 2 heterocycles. The third-order valence-electron chi connectivity index (χ3n) is 5.47. The van der Waals surface area contributed by atoms with Crippen LogP contribution in [0.3, 0.4) is 0 Å². The number of benzene rings is 3. The molecule has 1 saturated heterocycles. The molecule has 0 unspecified atom stereocenters. The minimum Gasteiger partial charge on any atom is -0.378 e. The predicted octanol–water partition coefficient (Wildman–Crippen LogP) is 4.46. The van der Waals surface area contributed by atoms with Gasteiger partial charge in [-0.2, -0.15) is 5.10 Å². The Bertz CT molecular complexity index is 1230. The number of hydrogen-bond donors (Lipinski definition) is 2. The summed E-state index contributed by atoms with van der Waals surface area (Å²) in [6, 6.07) is 23.1. The van der Waals surface area contributed by atoms with Crippen LogP contribution >= 0.6 is 0 Å². The quantitative estimate of drug-likeness (QED) is 0.491. The highest BCUT2D eigenvalue weighted by atomic mass is 16.5. The van der Waals surface area contributed by atoms with E-state index in [2.05, 4.69) is 25.7 Å². The highest BCUT2D eigenvalue weighted by Crippen LogP contribution is 2.23. The zero-order valence-corrected chi connectivity index (χ0v) is 17.5. The molecule has 1 aromatic heterocycles. The molecular formula is C25H23N5O2. The largest absolute Gasteiger partial charge is 0.378 e. The number of hydrogen-bond acceptors (Lipinski definition) is 6. The number of fused-ring (bicyclic) bond motifs is 1. The molecule has 160 valence electrons. The van der Waals surface area contributed by atoms with Gasteiger partial charge in [0, 0.05) is 36.1 Å². The lowest BCUT2D eigenvalue weighted by Crippen LogP contribution is -2.36. The third-order valence-corrected chi connectivity index (χ3v) is 5.47. The van der Waals surface area contributed by atoms with Gasteiger partial charge in [0.2, 0.25) is 0 Å². The van der Waals surface area contributed by atoms with Gasteiger partial charge >= 0.3 is 0 Å². The molecule has 3 aromatic carbocycles. The van der Waals surface area contributed by atoms with Gasteiger partial charge in [0.05, 0.1) is 25.1 Å². The molecule has 1 aliphatic heterocycles. The van der Waals surface area contributed by atoms with Gasteiger partial charge in [-0.25, -0.2) is 0 Å². The first-order chi connectivity index (χ1) is 15.8. The third kappa shape index (κ3) is 4.38. The van der Waals surface area contributed by atoms with E-state index in [0.29, 0.717) is 11.4 Å². The molecular weight excluding hydrogens is 402 g/mol. The average Bonchev–Trinajstić information content (AvgIpc) is 2.85. The smallest absolute Gasteiger partial charge is 0.256 e. The Morgan fingerprint density at radius 2 is 1.66 bits per heavy atom. The number of amides is 1. The van der Waals surface area contributed by atoms with Crippen LogP contribution in [0, 0.1) is 0 Å². The van der Waals surface area contributed by atoms with E-state index in [1.165, 1.54) is 0 Å². The number of morpholine rings is 1. The second-order valence-corrected chi connectivity index (χ2v) is 7.58. The molecule has 1 amide bonds. The van der Waals surface area contributed by atoms with E-state index in [1.807, 2.05) is 72.8 Å². The molecule has 0 aliphatic carbocycles. The van der Waals surface area contributed by atoms with Crippen molar-refractivity contribution < 1.29 is 9.53 Å². The van der Waals surface area contributed by atoms with E-state index in [4.69, 9.17) is 4.74 Å². The van der Waals surface area contributed by atoms with E-state index in [0.717, 1.165) is 54.1 Å². The monoisotopic (exact) mass is 425 g/mol.